The molecule has 2 N–H and O–H groups in total. The molecular weight excluding hydrogens is 757 g/mol. The molecule has 0 saturated carbocycles. The Morgan fingerprint density at radius 3 is 1.48 bits per heavy atom. The maximum absolute atomic E-state index is 6.89. The van der Waals surface area contributed by atoms with Gasteiger partial charge in [0, 0.05) is 29.2 Å². The van der Waals surface area contributed by atoms with E-state index in [1.54, 1.807) is 0 Å². The number of aromatic nitrogens is 2. The summed E-state index contributed by atoms with van der Waals surface area (Å²) in [6.07, 6.45) is 4.11. The molecule has 0 saturated heterocycles. The number of imidazole rings is 1. The van der Waals surface area contributed by atoms with Crippen molar-refractivity contribution >= 4 is 22.7 Å². The van der Waals surface area contributed by atoms with E-state index in [0.717, 1.165) is 45.4 Å². The van der Waals surface area contributed by atoms with E-state index in [1.807, 2.05) is 12.4 Å². The van der Waals surface area contributed by atoms with E-state index in [-0.39, 0.29) is 0 Å². The van der Waals surface area contributed by atoms with Gasteiger partial charge in [0.15, 0.2) is 0 Å². The molecule has 0 radical (unpaired) electrons. The van der Waals surface area contributed by atoms with Gasteiger partial charge in [0.2, 0.25) is 0 Å². The maximum atomic E-state index is 6.89. The van der Waals surface area contributed by atoms with Crippen LogP contribution in [0.4, 0.5) is 22.7 Å². The van der Waals surface area contributed by atoms with Gasteiger partial charge in [-0.2, -0.15) is 0 Å². The number of nitrogens with one attached hydrogen (secondary N) is 2. The van der Waals surface area contributed by atoms with Crippen molar-refractivity contribution in [2.75, 3.05) is 10.6 Å². The molecule has 7 rings (SSSR count). The number of hydrogen-bond donors (Lipinski definition) is 2. The molecule has 5 nitrogen and oxygen atoms in total. The SMILES string of the molecule is CC(C)c1cccc(C(C)C)c1Nc1ccccc1Nc1cc(Oc2cccc(-c3cn(-c4c(C(C)C)cccc4C(C)C)cn3)c2)cc(-c2c(C(C)C)cccc2C(C)C)c1. The van der Waals surface area contributed by atoms with E-state index in [4.69, 9.17) is 9.72 Å². The average Bonchev–Trinajstić information content (AvgIpc) is 3.74. The van der Waals surface area contributed by atoms with Crippen molar-refractivity contribution < 1.29 is 4.74 Å². The lowest BCUT2D eigenvalue weighted by molar-refractivity contribution is 0.483. The summed E-state index contributed by atoms with van der Waals surface area (Å²) in [4.78, 5) is 4.94. The molecule has 0 aliphatic rings. The Kier molecular flexibility index (Phi) is 13.4. The number of hydrogen-bond acceptors (Lipinski definition) is 4. The standard InChI is InChI=1S/C57H66N4O/c1-35(2)46-21-16-22-47(36(3)4)55(46)42-29-43(59-52-27-13-14-28-53(52)60-56-48(37(5)6)23-17-24-49(56)38(7)8)32-45(31-42)62-44-20-15-19-41(30-44)54-33-61(34-58-54)57-50(39(9)10)25-18-26-51(57)40(11)12/h13-40,59-60H,1-12H3. The van der Waals surface area contributed by atoms with Crippen LogP contribution in [0.15, 0.2) is 134 Å². The van der Waals surface area contributed by atoms with Crippen LogP contribution in [0.25, 0.3) is 28.1 Å². The molecule has 0 atom stereocenters. The second-order valence-electron chi connectivity index (χ2n) is 18.7. The quantitative estimate of drug-likeness (QED) is 0.108. The van der Waals surface area contributed by atoms with Crippen LogP contribution in [-0.2, 0) is 0 Å². The number of nitrogens with zero attached hydrogens (tertiary/aromatic N) is 2. The maximum Gasteiger partial charge on any atom is 0.130 e. The molecule has 62 heavy (non-hydrogen) atoms. The second-order valence-corrected chi connectivity index (χ2v) is 18.7. The summed E-state index contributed by atoms with van der Waals surface area (Å²) in [7, 11) is 0. The first kappa shape index (κ1) is 44.0. The fraction of sp³-hybridized carbons (Fsp3) is 0.316. The number of benzene rings is 6. The van der Waals surface area contributed by atoms with Crippen LogP contribution in [0.2, 0.25) is 0 Å². The first-order chi connectivity index (χ1) is 29.7. The van der Waals surface area contributed by atoms with E-state index in [2.05, 4.69) is 220 Å². The van der Waals surface area contributed by atoms with Gasteiger partial charge in [0.05, 0.1) is 29.1 Å². The molecule has 1 aromatic heterocycles. The summed E-state index contributed by atoms with van der Waals surface area (Å²) in [5.74, 6) is 3.70. The first-order valence-electron chi connectivity index (χ1n) is 22.7. The minimum Gasteiger partial charge on any atom is -0.457 e. The number of ether oxygens (including phenoxy) is 1. The second kappa shape index (κ2) is 18.9. The lowest BCUT2D eigenvalue weighted by Crippen LogP contribution is -2.05. The molecule has 0 fully saturated rings. The van der Waals surface area contributed by atoms with Crippen molar-refractivity contribution in [2.24, 2.45) is 0 Å². The molecule has 0 aliphatic carbocycles. The minimum absolute atomic E-state index is 0.339. The molecule has 1 heterocycles. The molecule has 0 spiro atoms. The minimum atomic E-state index is 0.339. The largest absolute Gasteiger partial charge is 0.457 e. The molecule has 0 bridgehead atoms. The fourth-order valence-corrected chi connectivity index (χ4v) is 8.70. The van der Waals surface area contributed by atoms with Gasteiger partial charge in [-0.3, -0.25) is 0 Å². The normalized spacial score (nSPS) is 11.8. The lowest BCUT2D eigenvalue weighted by atomic mass is 9.85. The van der Waals surface area contributed by atoms with Gasteiger partial charge in [-0.15, -0.1) is 0 Å². The summed E-state index contributed by atoms with van der Waals surface area (Å²) in [6.45, 7) is 27.2. The van der Waals surface area contributed by atoms with Crippen molar-refractivity contribution in [1.82, 2.24) is 9.55 Å². The smallest absolute Gasteiger partial charge is 0.130 e. The molecule has 7 aromatic rings. The van der Waals surface area contributed by atoms with Gasteiger partial charge in [-0.1, -0.05) is 162 Å². The predicted octanol–water partition coefficient (Wildman–Crippen LogP) is 17.2. The van der Waals surface area contributed by atoms with Crippen LogP contribution in [0, 0.1) is 0 Å². The molecule has 320 valence electrons. The Morgan fingerprint density at radius 2 is 0.935 bits per heavy atom. The van der Waals surface area contributed by atoms with Crippen molar-refractivity contribution in [3.8, 4) is 39.6 Å². The zero-order chi connectivity index (χ0) is 44.2. The van der Waals surface area contributed by atoms with Crippen molar-refractivity contribution in [3.63, 3.8) is 0 Å². The van der Waals surface area contributed by atoms with Crippen LogP contribution < -0.4 is 15.4 Å². The van der Waals surface area contributed by atoms with Gasteiger partial charge in [0.25, 0.3) is 0 Å². The Morgan fingerprint density at radius 1 is 0.452 bits per heavy atom. The fourth-order valence-electron chi connectivity index (χ4n) is 8.70. The van der Waals surface area contributed by atoms with Crippen molar-refractivity contribution in [1.29, 1.82) is 0 Å². The average molecular weight is 823 g/mol. The molecule has 0 aliphatic heterocycles. The summed E-state index contributed by atoms with van der Waals surface area (Å²) in [6, 6.07) is 43.5. The first-order valence-corrected chi connectivity index (χ1v) is 22.7. The van der Waals surface area contributed by atoms with Crippen LogP contribution in [0.3, 0.4) is 0 Å². The van der Waals surface area contributed by atoms with E-state index in [0.29, 0.717) is 35.5 Å². The zero-order valence-electron chi connectivity index (χ0n) is 39.0. The third kappa shape index (κ3) is 9.53. The van der Waals surface area contributed by atoms with Gasteiger partial charge >= 0.3 is 0 Å². The van der Waals surface area contributed by atoms with Crippen LogP contribution in [0.1, 0.15) is 152 Å². The summed E-state index contributed by atoms with van der Waals surface area (Å²) < 4.78 is 9.09. The highest BCUT2D eigenvalue weighted by Crippen LogP contribution is 2.42. The van der Waals surface area contributed by atoms with Crippen LogP contribution in [-0.4, -0.2) is 9.55 Å². The molecule has 6 aromatic carbocycles. The third-order valence-electron chi connectivity index (χ3n) is 12.0. The Bertz CT molecular complexity index is 2560. The van der Waals surface area contributed by atoms with Gasteiger partial charge in [-0.25, -0.2) is 4.98 Å². The Hall–Kier alpha value is -6.07. The summed E-state index contributed by atoms with van der Waals surface area (Å²) in [5, 5.41) is 7.74. The van der Waals surface area contributed by atoms with Crippen molar-refractivity contribution in [2.45, 2.75) is 119 Å². The van der Waals surface area contributed by atoms with E-state index < -0.39 is 0 Å². The highest BCUT2D eigenvalue weighted by atomic mass is 16.5. The third-order valence-corrected chi connectivity index (χ3v) is 12.0. The van der Waals surface area contributed by atoms with Gasteiger partial charge in [0.1, 0.15) is 11.5 Å². The molecule has 5 heteroatoms. The van der Waals surface area contributed by atoms with Crippen molar-refractivity contribution in [3.05, 3.63) is 167 Å². The summed E-state index contributed by atoms with van der Waals surface area (Å²) in [5.41, 5.74) is 17.6. The highest BCUT2D eigenvalue weighted by Gasteiger charge is 2.20. The molecule has 0 amide bonds. The van der Waals surface area contributed by atoms with Crippen LogP contribution >= 0.6 is 0 Å². The van der Waals surface area contributed by atoms with E-state index >= 15 is 0 Å². The van der Waals surface area contributed by atoms with E-state index in [9.17, 15) is 0 Å². The number of para-hydroxylation sites is 4. The monoisotopic (exact) mass is 823 g/mol. The zero-order valence-corrected chi connectivity index (χ0v) is 39.0. The van der Waals surface area contributed by atoms with Gasteiger partial charge in [-0.05, 0) is 116 Å². The number of anilines is 4. The van der Waals surface area contributed by atoms with Gasteiger partial charge < -0.3 is 19.9 Å². The molecular formula is C57H66N4O. The Balaban J connectivity index is 1.30. The molecule has 0 unspecified atom stereocenters. The topological polar surface area (TPSA) is 51.1 Å². The predicted molar refractivity (Wildman–Crippen MR) is 265 cm³/mol. The Labute approximate surface area is 371 Å². The highest BCUT2D eigenvalue weighted by molar-refractivity contribution is 5.83. The van der Waals surface area contributed by atoms with Crippen LogP contribution in [0.5, 0.6) is 11.5 Å². The number of rotatable bonds is 15. The van der Waals surface area contributed by atoms with E-state index in [1.165, 1.54) is 50.3 Å². The summed E-state index contributed by atoms with van der Waals surface area (Å²) >= 11 is 0. The lowest BCUT2D eigenvalue weighted by Gasteiger charge is -2.23.